The third-order valence-corrected chi connectivity index (χ3v) is 6.15. The highest BCUT2D eigenvalue weighted by molar-refractivity contribution is 6.58. The Morgan fingerprint density at radius 1 is 1.07 bits per heavy atom. The van der Waals surface area contributed by atoms with E-state index in [1.807, 2.05) is 44.2 Å². The fraction of sp³-hybridized carbons (Fsp3) is 0.348. The van der Waals surface area contributed by atoms with E-state index in [2.05, 4.69) is 24.1 Å². The van der Waals surface area contributed by atoms with E-state index in [4.69, 9.17) is 0 Å². The van der Waals surface area contributed by atoms with Crippen molar-refractivity contribution in [3.05, 3.63) is 70.7 Å². The molecule has 29 heavy (non-hydrogen) atoms. The third-order valence-electron chi connectivity index (χ3n) is 6.15. The number of para-hydroxylation sites is 1. The molecule has 3 heterocycles. The number of hydrogen-bond acceptors (Lipinski definition) is 1. The maximum atomic E-state index is 15.6. The lowest BCUT2D eigenvalue weighted by Gasteiger charge is -2.34. The minimum absolute atomic E-state index is 0.623. The van der Waals surface area contributed by atoms with Gasteiger partial charge in [0.05, 0.1) is 0 Å². The third kappa shape index (κ3) is 3.05. The minimum atomic E-state index is -3.88. The topological polar surface area (TPSA) is 11.2 Å². The van der Waals surface area contributed by atoms with E-state index in [-0.39, 0.29) is 0 Å². The summed E-state index contributed by atoms with van der Waals surface area (Å²) < 4.78 is 33.7. The van der Waals surface area contributed by atoms with Crippen LogP contribution in [0, 0.1) is 13.8 Å². The van der Waals surface area contributed by atoms with Gasteiger partial charge < -0.3 is 22.5 Å². The monoisotopic (exact) mass is 395 g/mol. The van der Waals surface area contributed by atoms with Crippen LogP contribution in [0.3, 0.4) is 0 Å². The molecule has 0 saturated heterocycles. The number of allylic oxidation sites excluding steroid dienone is 3. The number of anilines is 1. The molecule has 0 aliphatic carbocycles. The molecule has 0 saturated carbocycles. The first kappa shape index (κ1) is 19.7. The van der Waals surface area contributed by atoms with Gasteiger partial charge in [0.25, 0.3) is 0 Å². The van der Waals surface area contributed by atoms with Crippen molar-refractivity contribution >= 4 is 23.9 Å². The highest BCUT2D eigenvalue weighted by Gasteiger charge is 2.54. The Morgan fingerprint density at radius 3 is 2.45 bits per heavy atom. The molecule has 0 amide bonds. The van der Waals surface area contributed by atoms with Crippen molar-refractivity contribution < 1.29 is 13.1 Å². The predicted molar refractivity (Wildman–Crippen MR) is 118 cm³/mol. The maximum Gasteiger partial charge on any atom is 0.737 e. The Hall–Kier alpha value is -2.63. The van der Waals surface area contributed by atoms with Gasteiger partial charge >= 0.3 is 6.97 Å². The molecule has 0 radical (unpaired) electrons. The van der Waals surface area contributed by atoms with E-state index in [1.54, 1.807) is 13.8 Å². The van der Waals surface area contributed by atoms with Crippen molar-refractivity contribution in [1.82, 2.24) is 4.48 Å². The lowest BCUT2D eigenvalue weighted by atomic mass is 9.84. The quantitative estimate of drug-likeness (QED) is 0.617. The molecular formula is C23H28BF2N3. The smallest absolute Gasteiger partial charge is 0.394 e. The van der Waals surface area contributed by atoms with E-state index in [0.29, 0.717) is 22.8 Å². The Balaban J connectivity index is 1.71. The number of nitrogens with zero attached hydrogens (tertiary/aromatic N) is 3. The van der Waals surface area contributed by atoms with Gasteiger partial charge in [-0.2, -0.15) is 0 Å². The van der Waals surface area contributed by atoms with Gasteiger partial charge in [-0.3, -0.25) is 0 Å². The molecule has 0 bridgehead atoms. The van der Waals surface area contributed by atoms with Crippen LogP contribution in [-0.2, 0) is 0 Å². The van der Waals surface area contributed by atoms with Crippen LogP contribution in [0.25, 0.3) is 5.57 Å². The first-order valence-corrected chi connectivity index (χ1v) is 10.3. The summed E-state index contributed by atoms with van der Waals surface area (Å²) in [6.45, 7) is 4.45. The summed E-state index contributed by atoms with van der Waals surface area (Å²) in [5.41, 5.74) is 6.74. The molecule has 1 aromatic heterocycles. The van der Waals surface area contributed by atoms with Gasteiger partial charge in [0, 0.05) is 49.1 Å². The summed E-state index contributed by atoms with van der Waals surface area (Å²) in [6, 6.07) is 12.1. The van der Waals surface area contributed by atoms with Crippen LogP contribution in [0.4, 0.5) is 14.3 Å². The number of benzene rings is 1. The molecule has 0 unspecified atom stereocenters. The maximum absolute atomic E-state index is 15.6. The van der Waals surface area contributed by atoms with Gasteiger partial charge in [0.1, 0.15) is 5.71 Å². The van der Waals surface area contributed by atoms with E-state index < -0.39 is 6.97 Å². The van der Waals surface area contributed by atoms with Gasteiger partial charge in [0.15, 0.2) is 5.70 Å². The van der Waals surface area contributed by atoms with Crippen molar-refractivity contribution in [2.75, 3.05) is 18.5 Å². The summed E-state index contributed by atoms with van der Waals surface area (Å²) >= 11 is 0. The second-order valence-corrected chi connectivity index (χ2v) is 8.30. The van der Waals surface area contributed by atoms with Gasteiger partial charge in [-0.15, -0.1) is 0 Å². The lowest BCUT2D eigenvalue weighted by molar-refractivity contribution is -0.363. The number of aryl methyl sites for hydroxylation is 2. The molecule has 6 heteroatoms. The number of hydrogen-bond donors (Lipinski definition) is 0. The summed E-state index contributed by atoms with van der Waals surface area (Å²) in [5.74, 6) is 0. The summed E-state index contributed by atoms with van der Waals surface area (Å²) in [5, 5.41) is 0. The van der Waals surface area contributed by atoms with Gasteiger partial charge in [-0.05, 0) is 63.1 Å². The second-order valence-electron chi connectivity index (χ2n) is 8.30. The van der Waals surface area contributed by atoms with E-state index >= 15 is 8.63 Å². The predicted octanol–water partition coefficient (Wildman–Crippen LogP) is 5.40. The second kappa shape index (κ2) is 7.01. The zero-order valence-electron chi connectivity index (χ0n) is 17.8. The molecule has 0 fully saturated rings. The average Bonchev–Trinajstić information content (AvgIpc) is 3.15. The number of rotatable bonds is 5. The molecule has 1 aromatic carbocycles. The molecule has 2 aromatic rings. The average molecular weight is 395 g/mol. The number of aromatic nitrogens is 1. The molecule has 0 spiro atoms. The molecule has 0 N–H and O–H groups in total. The fourth-order valence-corrected chi connectivity index (χ4v) is 4.97. The van der Waals surface area contributed by atoms with Gasteiger partial charge in [-0.1, -0.05) is 18.2 Å². The van der Waals surface area contributed by atoms with Crippen LogP contribution in [0.15, 0.2) is 53.7 Å². The van der Waals surface area contributed by atoms with Gasteiger partial charge in [-0.25, -0.2) is 0 Å². The molecule has 2 aliphatic rings. The largest absolute Gasteiger partial charge is 0.737 e. The molecule has 4 rings (SSSR count). The van der Waals surface area contributed by atoms with Crippen LogP contribution in [0.5, 0.6) is 0 Å². The standard InChI is InChI=1S/C23H28BF2N3/c1-16-14-18(3)28-22(16)21(12-9-13-27(5)20-10-7-6-8-11-20)23-17(2)15-19(4)29(23)24(28,25)26/h6-8,10-11,14-15H,9,12-13H2,1-5H3. The van der Waals surface area contributed by atoms with Crippen molar-refractivity contribution in [3.63, 3.8) is 0 Å². The van der Waals surface area contributed by atoms with Crippen LogP contribution in [0.1, 0.15) is 43.6 Å². The molecule has 2 aliphatic heterocycles. The number of fused-ring (bicyclic) bond motifs is 2. The Morgan fingerprint density at radius 2 is 1.76 bits per heavy atom. The van der Waals surface area contributed by atoms with E-state index in [9.17, 15) is 0 Å². The van der Waals surface area contributed by atoms with Crippen LogP contribution >= 0.6 is 0 Å². The highest BCUT2D eigenvalue weighted by atomic mass is 19.2. The zero-order chi connectivity index (χ0) is 20.9. The highest BCUT2D eigenvalue weighted by Crippen LogP contribution is 2.43. The normalized spacial score (nSPS) is 17.4. The Labute approximate surface area is 171 Å². The minimum Gasteiger partial charge on any atom is -0.394 e. The fourth-order valence-electron chi connectivity index (χ4n) is 4.97. The van der Waals surface area contributed by atoms with E-state index in [0.717, 1.165) is 36.1 Å². The van der Waals surface area contributed by atoms with Crippen molar-refractivity contribution in [2.24, 2.45) is 0 Å². The van der Waals surface area contributed by atoms with Crippen molar-refractivity contribution in [3.8, 4) is 0 Å². The van der Waals surface area contributed by atoms with Crippen LogP contribution in [0.2, 0.25) is 0 Å². The van der Waals surface area contributed by atoms with Crippen LogP contribution < -0.4 is 4.90 Å². The van der Waals surface area contributed by atoms with Crippen LogP contribution in [-0.4, -0.2) is 35.2 Å². The van der Waals surface area contributed by atoms with Crippen molar-refractivity contribution in [2.45, 2.75) is 40.5 Å². The molecule has 0 atom stereocenters. The van der Waals surface area contributed by atoms with Gasteiger partial charge in [0.2, 0.25) is 0 Å². The molecule has 152 valence electrons. The zero-order valence-corrected chi connectivity index (χ0v) is 17.8. The lowest BCUT2D eigenvalue weighted by Crippen LogP contribution is -2.51. The summed E-state index contributed by atoms with van der Waals surface area (Å²) in [4.78, 5) is 2.22. The first-order chi connectivity index (χ1) is 13.7. The summed E-state index contributed by atoms with van der Waals surface area (Å²) in [7, 11) is 2.08. The van der Waals surface area contributed by atoms with E-state index in [1.165, 1.54) is 14.7 Å². The SMILES string of the molecule is CC1=CC(C)=[N+]2C1=C(CCCN(C)c1ccccc1)c1c(C)cc(C)n1[B-]2(F)F. The summed E-state index contributed by atoms with van der Waals surface area (Å²) in [6.07, 6.45) is 3.54. The Bertz CT molecular complexity index is 1060. The molecular weight excluding hydrogens is 367 g/mol. The number of halogens is 2. The Kier molecular flexibility index (Phi) is 4.76. The molecule has 3 nitrogen and oxygen atoms in total. The first-order valence-electron chi connectivity index (χ1n) is 10.3. The van der Waals surface area contributed by atoms with Crippen molar-refractivity contribution in [1.29, 1.82) is 0 Å².